The van der Waals surface area contributed by atoms with Crippen molar-refractivity contribution in [2.75, 3.05) is 38.1 Å². The van der Waals surface area contributed by atoms with Crippen LogP contribution in [0.1, 0.15) is 12.0 Å². The highest BCUT2D eigenvalue weighted by atomic mass is 15.2. The van der Waals surface area contributed by atoms with Gasteiger partial charge in [0.1, 0.15) is 0 Å². The summed E-state index contributed by atoms with van der Waals surface area (Å²) >= 11 is 0. The first kappa shape index (κ1) is 10.5. The third-order valence-electron chi connectivity index (χ3n) is 3.00. The first-order valence-corrected chi connectivity index (χ1v) is 5.61. The number of hydrogen-bond donors (Lipinski definition) is 0. The third kappa shape index (κ3) is 2.72. The van der Waals surface area contributed by atoms with E-state index < -0.39 is 0 Å². The summed E-state index contributed by atoms with van der Waals surface area (Å²) in [5.41, 5.74) is 2.42. The summed E-state index contributed by atoms with van der Waals surface area (Å²) in [6.45, 7) is 8.63. The average Bonchev–Trinajstić information content (AvgIpc) is 2.43. The molecule has 0 aromatic heterocycles. The molecule has 1 radical (unpaired) electrons. The van der Waals surface area contributed by atoms with Gasteiger partial charge in [-0.15, -0.1) is 0 Å². The molecule has 1 aromatic rings. The van der Waals surface area contributed by atoms with Gasteiger partial charge >= 0.3 is 0 Å². The van der Waals surface area contributed by atoms with Gasteiger partial charge in [-0.05, 0) is 44.6 Å². The number of rotatable bonds is 1. The van der Waals surface area contributed by atoms with Crippen LogP contribution in [0.25, 0.3) is 0 Å². The average molecular weight is 203 g/mol. The van der Waals surface area contributed by atoms with E-state index in [1.54, 1.807) is 0 Å². The minimum absolute atomic E-state index is 1.10. The van der Waals surface area contributed by atoms with Crippen LogP contribution in [0.5, 0.6) is 0 Å². The standard InChI is InChI=1S/C13H19N2/c1-12-5-3-6-13(11-12)15-8-4-7-14(2)9-10-15/h3,5-6,11H,1,4,7-10H2,2H3. The SMILES string of the molecule is [CH2]c1cccc(N2CCCN(C)CC2)c1. The largest absolute Gasteiger partial charge is 0.370 e. The van der Waals surface area contributed by atoms with Gasteiger partial charge in [-0.2, -0.15) is 0 Å². The summed E-state index contributed by atoms with van der Waals surface area (Å²) in [5.74, 6) is 0. The van der Waals surface area contributed by atoms with E-state index in [-0.39, 0.29) is 0 Å². The van der Waals surface area contributed by atoms with Crippen LogP contribution in [0.15, 0.2) is 24.3 Å². The summed E-state index contributed by atoms with van der Waals surface area (Å²) in [4.78, 5) is 4.85. The Morgan fingerprint density at radius 3 is 2.80 bits per heavy atom. The molecule has 1 aliphatic rings. The van der Waals surface area contributed by atoms with Crippen LogP contribution in [0.2, 0.25) is 0 Å². The maximum absolute atomic E-state index is 3.98. The molecule has 2 heteroatoms. The Hall–Kier alpha value is -1.02. The highest BCUT2D eigenvalue weighted by Gasteiger charge is 2.12. The number of benzene rings is 1. The molecule has 0 bridgehead atoms. The van der Waals surface area contributed by atoms with Crippen LogP contribution in [-0.2, 0) is 0 Å². The van der Waals surface area contributed by atoms with Crippen LogP contribution in [0.4, 0.5) is 5.69 Å². The molecule has 1 fully saturated rings. The van der Waals surface area contributed by atoms with Crippen molar-refractivity contribution in [3.05, 3.63) is 36.8 Å². The van der Waals surface area contributed by atoms with Gasteiger partial charge < -0.3 is 9.80 Å². The van der Waals surface area contributed by atoms with E-state index in [4.69, 9.17) is 0 Å². The Bertz CT molecular complexity index is 322. The molecule has 1 aromatic carbocycles. The quantitative estimate of drug-likeness (QED) is 0.689. The Morgan fingerprint density at radius 1 is 1.13 bits per heavy atom. The van der Waals surface area contributed by atoms with Crippen LogP contribution < -0.4 is 4.90 Å². The summed E-state index contributed by atoms with van der Waals surface area (Å²) in [6, 6.07) is 8.49. The molecule has 2 rings (SSSR count). The number of anilines is 1. The van der Waals surface area contributed by atoms with E-state index in [1.807, 2.05) is 6.07 Å². The Kier molecular flexibility index (Phi) is 3.27. The second kappa shape index (κ2) is 4.67. The smallest absolute Gasteiger partial charge is 0.0369 e. The van der Waals surface area contributed by atoms with E-state index in [1.165, 1.54) is 18.7 Å². The molecule has 0 unspecified atom stereocenters. The number of hydrogen-bond acceptors (Lipinski definition) is 2. The third-order valence-corrected chi connectivity index (χ3v) is 3.00. The van der Waals surface area contributed by atoms with Gasteiger partial charge in [-0.1, -0.05) is 12.1 Å². The van der Waals surface area contributed by atoms with Crippen molar-refractivity contribution >= 4 is 5.69 Å². The van der Waals surface area contributed by atoms with Crippen molar-refractivity contribution in [1.29, 1.82) is 0 Å². The Labute approximate surface area is 92.5 Å². The molecule has 0 atom stereocenters. The molecule has 0 amide bonds. The molecule has 1 saturated heterocycles. The zero-order valence-electron chi connectivity index (χ0n) is 9.45. The zero-order chi connectivity index (χ0) is 10.7. The van der Waals surface area contributed by atoms with E-state index >= 15 is 0 Å². The lowest BCUT2D eigenvalue weighted by Crippen LogP contribution is -2.28. The van der Waals surface area contributed by atoms with Crippen molar-refractivity contribution in [2.45, 2.75) is 6.42 Å². The molecule has 0 spiro atoms. The molecular formula is C13H19N2. The van der Waals surface area contributed by atoms with Gasteiger partial charge in [0.05, 0.1) is 0 Å². The molecule has 2 nitrogen and oxygen atoms in total. The minimum Gasteiger partial charge on any atom is -0.370 e. The highest BCUT2D eigenvalue weighted by molar-refractivity contribution is 5.49. The summed E-state index contributed by atoms with van der Waals surface area (Å²) in [5, 5.41) is 0. The van der Waals surface area contributed by atoms with Gasteiger partial charge in [0, 0.05) is 25.3 Å². The fourth-order valence-electron chi connectivity index (χ4n) is 2.06. The van der Waals surface area contributed by atoms with Gasteiger partial charge in [0.15, 0.2) is 0 Å². The maximum atomic E-state index is 3.98. The minimum atomic E-state index is 1.10. The lowest BCUT2D eigenvalue weighted by atomic mass is 10.2. The monoisotopic (exact) mass is 203 g/mol. The Morgan fingerprint density at radius 2 is 2.00 bits per heavy atom. The molecule has 1 heterocycles. The summed E-state index contributed by atoms with van der Waals surface area (Å²) in [6.07, 6.45) is 1.25. The lowest BCUT2D eigenvalue weighted by Gasteiger charge is -2.23. The van der Waals surface area contributed by atoms with Gasteiger partial charge in [-0.3, -0.25) is 0 Å². The fraction of sp³-hybridized carbons (Fsp3) is 0.462. The Balaban J connectivity index is 2.09. The van der Waals surface area contributed by atoms with Crippen LogP contribution in [-0.4, -0.2) is 38.1 Å². The van der Waals surface area contributed by atoms with E-state index in [9.17, 15) is 0 Å². The maximum Gasteiger partial charge on any atom is 0.0369 e. The van der Waals surface area contributed by atoms with Crippen LogP contribution in [0.3, 0.4) is 0 Å². The van der Waals surface area contributed by atoms with Crippen LogP contribution >= 0.6 is 0 Å². The van der Waals surface area contributed by atoms with Crippen molar-refractivity contribution in [3.63, 3.8) is 0 Å². The van der Waals surface area contributed by atoms with Gasteiger partial charge in [0.25, 0.3) is 0 Å². The second-order valence-electron chi connectivity index (χ2n) is 4.31. The predicted molar refractivity (Wildman–Crippen MR) is 65.2 cm³/mol. The number of likely N-dealkylation sites (N-methyl/N-ethyl adjacent to an activating group) is 1. The van der Waals surface area contributed by atoms with Crippen molar-refractivity contribution in [1.82, 2.24) is 4.90 Å². The second-order valence-corrected chi connectivity index (χ2v) is 4.31. The van der Waals surface area contributed by atoms with Crippen molar-refractivity contribution in [2.24, 2.45) is 0 Å². The molecule has 0 saturated carbocycles. The molecule has 1 aliphatic heterocycles. The van der Waals surface area contributed by atoms with Gasteiger partial charge in [-0.25, -0.2) is 0 Å². The lowest BCUT2D eigenvalue weighted by molar-refractivity contribution is 0.360. The summed E-state index contributed by atoms with van der Waals surface area (Å²) in [7, 11) is 2.20. The molecular weight excluding hydrogens is 184 g/mol. The fourth-order valence-corrected chi connectivity index (χ4v) is 2.06. The molecule has 0 N–H and O–H groups in total. The summed E-state index contributed by atoms with van der Waals surface area (Å²) < 4.78 is 0. The van der Waals surface area contributed by atoms with Crippen molar-refractivity contribution in [3.8, 4) is 0 Å². The first-order valence-electron chi connectivity index (χ1n) is 5.61. The normalized spacial score (nSPS) is 18.9. The predicted octanol–water partition coefficient (Wildman–Crippen LogP) is 2.01. The first-order chi connectivity index (χ1) is 7.25. The molecule has 81 valence electrons. The van der Waals surface area contributed by atoms with Crippen LogP contribution in [0, 0.1) is 6.92 Å². The van der Waals surface area contributed by atoms with E-state index in [2.05, 4.69) is 42.0 Å². The zero-order valence-corrected chi connectivity index (χ0v) is 9.45. The highest BCUT2D eigenvalue weighted by Crippen LogP contribution is 2.17. The van der Waals surface area contributed by atoms with E-state index in [0.717, 1.165) is 25.2 Å². The molecule has 0 aliphatic carbocycles. The van der Waals surface area contributed by atoms with E-state index in [0.29, 0.717) is 0 Å². The molecule has 15 heavy (non-hydrogen) atoms. The number of nitrogens with zero attached hydrogens (tertiary/aromatic N) is 2. The topological polar surface area (TPSA) is 6.48 Å². The van der Waals surface area contributed by atoms with Gasteiger partial charge in [0.2, 0.25) is 0 Å². The van der Waals surface area contributed by atoms with Crippen molar-refractivity contribution < 1.29 is 0 Å².